The van der Waals surface area contributed by atoms with Gasteiger partial charge in [-0.2, -0.15) is 0 Å². The van der Waals surface area contributed by atoms with E-state index in [-0.39, 0.29) is 5.91 Å². The fraction of sp³-hybridized carbons (Fsp3) is 0.389. The number of morpholine rings is 1. The first-order valence-corrected chi connectivity index (χ1v) is 8.32. The molecule has 1 fully saturated rings. The van der Waals surface area contributed by atoms with Crippen molar-refractivity contribution in [3.63, 3.8) is 0 Å². The van der Waals surface area contributed by atoms with E-state index in [1.165, 1.54) is 11.1 Å². The van der Waals surface area contributed by atoms with E-state index in [9.17, 15) is 4.79 Å². The molecule has 0 radical (unpaired) electrons. The summed E-state index contributed by atoms with van der Waals surface area (Å²) in [5, 5.41) is 0. The molecule has 1 aromatic heterocycles. The second-order valence-corrected chi connectivity index (χ2v) is 6.12. The van der Waals surface area contributed by atoms with Crippen molar-refractivity contribution < 1.29 is 9.53 Å². The van der Waals surface area contributed by atoms with E-state index in [0.717, 1.165) is 26.1 Å². The van der Waals surface area contributed by atoms with Gasteiger partial charge in [-0.1, -0.05) is 24.3 Å². The number of benzene rings is 1. The molecule has 0 aliphatic carbocycles. The lowest BCUT2D eigenvalue weighted by Crippen LogP contribution is -2.38. The standard InChI is InChI=1S/C18H20N4O2/c23-17(22-6-5-14-3-1-2-4-15(14)13-22)16-11-19-18(20-12-16)21-7-9-24-10-8-21/h1-4,11-12H,5-10,13H2. The zero-order valence-corrected chi connectivity index (χ0v) is 13.5. The number of amides is 1. The summed E-state index contributed by atoms with van der Waals surface area (Å²) in [5.74, 6) is 0.664. The molecular weight excluding hydrogens is 304 g/mol. The van der Waals surface area contributed by atoms with Crippen LogP contribution in [0.3, 0.4) is 0 Å². The molecule has 0 N–H and O–H groups in total. The van der Waals surface area contributed by atoms with Crippen LogP contribution >= 0.6 is 0 Å². The first kappa shape index (κ1) is 15.1. The highest BCUT2D eigenvalue weighted by molar-refractivity contribution is 5.93. The molecule has 24 heavy (non-hydrogen) atoms. The van der Waals surface area contributed by atoms with Gasteiger partial charge in [0, 0.05) is 38.6 Å². The van der Waals surface area contributed by atoms with Gasteiger partial charge >= 0.3 is 0 Å². The van der Waals surface area contributed by atoms with Crippen molar-refractivity contribution in [1.82, 2.24) is 14.9 Å². The molecule has 124 valence electrons. The summed E-state index contributed by atoms with van der Waals surface area (Å²) >= 11 is 0. The normalized spacial score (nSPS) is 17.5. The van der Waals surface area contributed by atoms with Crippen LogP contribution in [0.5, 0.6) is 0 Å². The summed E-state index contributed by atoms with van der Waals surface area (Å²) in [6, 6.07) is 8.30. The van der Waals surface area contributed by atoms with Crippen LogP contribution in [0.15, 0.2) is 36.7 Å². The van der Waals surface area contributed by atoms with Crippen LogP contribution in [0.25, 0.3) is 0 Å². The minimum atomic E-state index is -0.00182. The Hall–Kier alpha value is -2.47. The molecular formula is C18H20N4O2. The minimum absolute atomic E-state index is 0.00182. The third kappa shape index (κ3) is 2.97. The predicted molar refractivity (Wildman–Crippen MR) is 90.0 cm³/mol. The van der Waals surface area contributed by atoms with Crippen LogP contribution in [0.1, 0.15) is 21.5 Å². The van der Waals surface area contributed by atoms with Crippen molar-refractivity contribution >= 4 is 11.9 Å². The van der Waals surface area contributed by atoms with E-state index in [1.54, 1.807) is 12.4 Å². The second kappa shape index (κ2) is 6.57. The van der Waals surface area contributed by atoms with Crippen LogP contribution in [-0.2, 0) is 17.7 Å². The third-order valence-corrected chi connectivity index (χ3v) is 4.60. The minimum Gasteiger partial charge on any atom is -0.378 e. The highest BCUT2D eigenvalue weighted by Crippen LogP contribution is 2.20. The SMILES string of the molecule is O=C(c1cnc(N2CCOCC2)nc1)N1CCc2ccccc2C1. The Balaban J connectivity index is 1.47. The largest absolute Gasteiger partial charge is 0.378 e. The summed E-state index contributed by atoms with van der Waals surface area (Å²) in [7, 11) is 0. The van der Waals surface area contributed by atoms with E-state index in [1.807, 2.05) is 11.0 Å². The van der Waals surface area contributed by atoms with Crippen molar-refractivity contribution in [2.45, 2.75) is 13.0 Å². The van der Waals surface area contributed by atoms with Crippen molar-refractivity contribution in [3.8, 4) is 0 Å². The lowest BCUT2D eigenvalue weighted by molar-refractivity contribution is 0.0733. The number of rotatable bonds is 2. The molecule has 6 heteroatoms. The predicted octanol–water partition coefficient (Wildman–Crippen LogP) is 1.51. The van der Waals surface area contributed by atoms with E-state index >= 15 is 0 Å². The molecule has 1 saturated heterocycles. The van der Waals surface area contributed by atoms with Gasteiger partial charge in [0.2, 0.25) is 5.95 Å². The average molecular weight is 324 g/mol. The molecule has 0 saturated carbocycles. The molecule has 2 aliphatic rings. The number of hydrogen-bond acceptors (Lipinski definition) is 5. The Morgan fingerprint density at radius 3 is 2.46 bits per heavy atom. The molecule has 0 bridgehead atoms. The average Bonchev–Trinajstić information content (AvgIpc) is 2.68. The smallest absolute Gasteiger partial charge is 0.257 e. The fourth-order valence-electron chi connectivity index (χ4n) is 3.21. The summed E-state index contributed by atoms with van der Waals surface area (Å²) < 4.78 is 5.33. The maximum atomic E-state index is 12.7. The van der Waals surface area contributed by atoms with Gasteiger partial charge in [-0.3, -0.25) is 4.79 Å². The molecule has 0 spiro atoms. The van der Waals surface area contributed by atoms with Crippen LogP contribution in [0.4, 0.5) is 5.95 Å². The molecule has 2 aromatic rings. The highest BCUT2D eigenvalue weighted by atomic mass is 16.5. The monoisotopic (exact) mass is 324 g/mol. The number of carbonyl (C=O) groups excluding carboxylic acids is 1. The van der Waals surface area contributed by atoms with Gasteiger partial charge in [0.05, 0.1) is 18.8 Å². The molecule has 1 aromatic carbocycles. The summed E-state index contributed by atoms with van der Waals surface area (Å²) in [4.78, 5) is 25.4. The van der Waals surface area contributed by atoms with Crippen LogP contribution < -0.4 is 4.90 Å². The number of anilines is 1. The van der Waals surface area contributed by atoms with E-state index in [4.69, 9.17) is 4.74 Å². The zero-order valence-electron chi connectivity index (χ0n) is 13.5. The van der Waals surface area contributed by atoms with Gasteiger partial charge in [-0.25, -0.2) is 9.97 Å². The second-order valence-electron chi connectivity index (χ2n) is 6.12. The van der Waals surface area contributed by atoms with Crippen molar-refractivity contribution in [2.24, 2.45) is 0 Å². The highest BCUT2D eigenvalue weighted by Gasteiger charge is 2.22. The van der Waals surface area contributed by atoms with Crippen LogP contribution in [0.2, 0.25) is 0 Å². The first-order valence-electron chi connectivity index (χ1n) is 8.32. The maximum Gasteiger partial charge on any atom is 0.257 e. The summed E-state index contributed by atoms with van der Waals surface area (Å²) in [6.45, 7) is 4.35. The molecule has 0 unspecified atom stereocenters. The van der Waals surface area contributed by atoms with E-state index in [2.05, 4.69) is 33.1 Å². The van der Waals surface area contributed by atoms with Crippen LogP contribution in [0, 0.1) is 0 Å². The molecule has 3 heterocycles. The Kier molecular flexibility index (Phi) is 4.13. The number of fused-ring (bicyclic) bond motifs is 1. The zero-order chi connectivity index (χ0) is 16.4. The number of nitrogens with zero attached hydrogens (tertiary/aromatic N) is 4. The van der Waals surface area contributed by atoms with Crippen molar-refractivity contribution in [2.75, 3.05) is 37.7 Å². The maximum absolute atomic E-state index is 12.7. The number of hydrogen-bond donors (Lipinski definition) is 0. The summed E-state index contributed by atoms with van der Waals surface area (Å²) in [5.41, 5.74) is 3.11. The van der Waals surface area contributed by atoms with Gasteiger partial charge in [0.25, 0.3) is 5.91 Å². The molecule has 2 aliphatic heterocycles. The quantitative estimate of drug-likeness (QED) is 0.838. The Labute approximate surface area is 141 Å². The van der Waals surface area contributed by atoms with Gasteiger partial charge in [-0.15, -0.1) is 0 Å². The molecule has 0 atom stereocenters. The number of carbonyl (C=O) groups is 1. The summed E-state index contributed by atoms with van der Waals surface area (Å²) in [6.07, 6.45) is 4.18. The van der Waals surface area contributed by atoms with Gasteiger partial charge < -0.3 is 14.5 Å². The van der Waals surface area contributed by atoms with Gasteiger partial charge in [0.1, 0.15) is 0 Å². The van der Waals surface area contributed by atoms with E-state index < -0.39 is 0 Å². The number of aromatic nitrogens is 2. The van der Waals surface area contributed by atoms with Crippen molar-refractivity contribution in [3.05, 3.63) is 53.3 Å². The Morgan fingerprint density at radius 1 is 1.00 bits per heavy atom. The first-order chi connectivity index (χ1) is 11.8. The molecule has 4 rings (SSSR count). The Bertz CT molecular complexity index is 726. The lowest BCUT2D eigenvalue weighted by atomic mass is 9.99. The molecule has 6 nitrogen and oxygen atoms in total. The Morgan fingerprint density at radius 2 is 1.71 bits per heavy atom. The topological polar surface area (TPSA) is 58.6 Å². The van der Waals surface area contributed by atoms with Crippen molar-refractivity contribution in [1.29, 1.82) is 0 Å². The molecule has 1 amide bonds. The van der Waals surface area contributed by atoms with Crippen LogP contribution in [-0.4, -0.2) is 53.6 Å². The van der Waals surface area contributed by atoms with Gasteiger partial charge in [-0.05, 0) is 17.5 Å². The third-order valence-electron chi connectivity index (χ3n) is 4.60. The fourth-order valence-corrected chi connectivity index (χ4v) is 3.21. The van der Waals surface area contributed by atoms with E-state index in [0.29, 0.717) is 31.3 Å². The van der Waals surface area contributed by atoms with Gasteiger partial charge in [0.15, 0.2) is 0 Å². The lowest BCUT2D eigenvalue weighted by Gasteiger charge is -2.29. The number of ether oxygens (including phenoxy) is 1.